The van der Waals surface area contributed by atoms with Crippen LogP contribution in [0.25, 0.3) is 6.08 Å². The molecule has 1 N–H and O–H groups in total. The zero-order valence-electron chi connectivity index (χ0n) is 15.4. The van der Waals surface area contributed by atoms with E-state index >= 15 is 0 Å². The molecule has 0 bridgehead atoms. The molecular formula is C19H18N4O3S2. The van der Waals surface area contributed by atoms with Gasteiger partial charge in [0.15, 0.2) is 23.9 Å². The van der Waals surface area contributed by atoms with Crippen molar-refractivity contribution in [1.29, 1.82) is 10.7 Å². The van der Waals surface area contributed by atoms with Crippen LogP contribution in [0.1, 0.15) is 35.3 Å². The predicted molar refractivity (Wildman–Crippen MR) is 109 cm³/mol. The van der Waals surface area contributed by atoms with Gasteiger partial charge in [0, 0.05) is 0 Å². The number of carbonyl (C=O) groups excluding carboxylic acids is 1. The first-order chi connectivity index (χ1) is 13.6. The number of ether oxygens (including phenoxy) is 2. The van der Waals surface area contributed by atoms with E-state index in [1.807, 2.05) is 19.9 Å². The molecule has 1 aromatic carbocycles. The SMILES string of the molecule is CCOc1cc(C=C2SC(=N)C(c3nnc(CC)s3)C2=O)ccc1OCC#N. The molecule has 2 aromatic rings. The fourth-order valence-electron chi connectivity index (χ4n) is 2.60. The van der Waals surface area contributed by atoms with Crippen molar-refractivity contribution in [3.05, 3.63) is 38.7 Å². The summed E-state index contributed by atoms with van der Waals surface area (Å²) in [7, 11) is 0. The number of carbonyl (C=O) groups is 1. The first-order valence-corrected chi connectivity index (χ1v) is 10.3. The van der Waals surface area contributed by atoms with Gasteiger partial charge in [-0.05, 0) is 37.1 Å². The van der Waals surface area contributed by atoms with Gasteiger partial charge in [-0.1, -0.05) is 24.8 Å². The molecule has 1 aliphatic rings. The maximum atomic E-state index is 12.9. The van der Waals surface area contributed by atoms with E-state index in [1.165, 1.54) is 11.3 Å². The Kier molecular flexibility index (Phi) is 6.44. The Morgan fingerprint density at radius 3 is 2.79 bits per heavy atom. The number of nitriles is 1. The molecule has 0 saturated carbocycles. The van der Waals surface area contributed by atoms with Crippen LogP contribution in [-0.4, -0.2) is 34.2 Å². The summed E-state index contributed by atoms with van der Waals surface area (Å²) in [6.45, 7) is 4.20. The van der Waals surface area contributed by atoms with Gasteiger partial charge in [-0.3, -0.25) is 10.2 Å². The van der Waals surface area contributed by atoms with Crippen LogP contribution in [0.15, 0.2) is 23.1 Å². The van der Waals surface area contributed by atoms with Crippen LogP contribution in [0.4, 0.5) is 0 Å². The lowest BCUT2D eigenvalue weighted by molar-refractivity contribution is -0.114. The van der Waals surface area contributed by atoms with E-state index in [0.29, 0.717) is 28.0 Å². The molecule has 0 spiro atoms. The number of nitrogens with zero attached hydrogens (tertiary/aromatic N) is 3. The zero-order valence-corrected chi connectivity index (χ0v) is 17.0. The number of aromatic nitrogens is 2. The number of nitrogens with one attached hydrogen (secondary N) is 1. The zero-order chi connectivity index (χ0) is 20.1. The fraction of sp³-hybridized carbons (Fsp3) is 0.316. The van der Waals surface area contributed by atoms with Gasteiger partial charge in [0.25, 0.3) is 0 Å². The van der Waals surface area contributed by atoms with E-state index in [1.54, 1.807) is 24.3 Å². The minimum atomic E-state index is -0.668. The highest BCUT2D eigenvalue weighted by Gasteiger charge is 2.39. The van der Waals surface area contributed by atoms with Crippen molar-refractivity contribution in [1.82, 2.24) is 10.2 Å². The third kappa shape index (κ3) is 4.24. The van der Waals surface area contributed by atoms with Gasteiger partial charge >= 0.3 is 0 Å². The second-order valence-electron chi connectivity index (χ2n) is 5.75. The maximum absolute atomic E-state index is 12.9. The molecule has 1 fully saturated rings. The first kappa shape index (κ1) is 20.0. The summed E-state index contributed by atoms with van der Waals surface area (Å²) in [4.78, 5) is 13.3. The summed E-state index contributed by atoms with van der Waals surface area (Å²) >= 11 is 2.52. The third-order valence-electron chi connectivity index (χ3n) is 3.88. The van der Waals surface area contributed by atoms with E-state index < -0.39 is 5.92 Å². The van der Waals surface area contributed by atoms with Crippen molar-refractivity contribution < 1.29 is 14.3 Å². The van der Waals surface area contributed by atoms with Crippen LogP contribution in [0.2, 0.25) is 0 Å². The Hall–Kier alpha value is -2.70. The van der Waals surface area contributed by atoms with E-state index in [-0.39, 0.29) is 17.4 Å². The molecule has 144 valence electrons. The standard InChI is InChI=1S/C19H18N4O3S2/c1-3-15-22-23-19(28-15)16-17(24)14(27-18(16)21)10-11-5-6-12(26-8-7-20)13(9-11)25-4-2/h5-6,9-10,16,21H,3-4,8H2,1-2H3. The quantitative estimate of drug-likeness (QED) is 0.686. The highest BCUT2D eigenvalue weighted by Crippen LogP contribution is 2.42. The number of ketones is 1. The molecule has 2 heterocycles. The normalized spacial score (nSPS) is 17.8. The summed E-state index contributed by atoms with van der Waals surface area (Å²) in [5, 5.41) is 26.7. The molecule has 7 nitrogen and oxygen atoms in total. The Balaban J connectivity index is 1.87. The average molecular weight is 415 g/mol. The number of Topliss-reactive ketones (excluding diaryl/α,β-unsaturated/α-hetero) is 1. The van der Waals surface area contributed by atoms with Crippen molar-refractivity contribution in [3.63, 3.8) is 0 Å². The molecule has 1 aromatic heterocycles. The van der Waals surface area contributed by atoms with E-state index in [4.69, 9.17) is 20.1 Å². The van der Waals surface area contributed by atoms with Gasteiger partial charge in [0.05, 0.1) is 16.6 Å². The van der Waals surface area contributed by atoms with E-state index in [2.05, 4.69) is 10.2 Å². The summed E-state index contributed by atoms with van der Waals surface area (Å²) in [6, 6.07) is 7.18. The van der Waals surface area contributed by atoms with Crippen molar-refractivity contribution in [2.75, 3.05) is 13.2 Å². The molecule has 0 radical (unpaired) electrons. The first-order valence-electron chi connectivity index (χ1n) is 8.68. The maximum Gasteiger partial charge on any atom is 0.186 e. The number of allylic oxidation sites excluding steroid dienone is 1. The van der Waals surface area contributed by atoms with Gasteiger partial charge in [-0.25, -0.2) is 0 Å². The minimum absolute atomic E-state index is 0.0741. The minimum Gasteiger partial charge on any atom is -0.490 e. The van der Waals surface area contributed by atoms with Gasteiger partial charge in [-0.15, -0.1) is 21.5 Å². The molecule has 9 heteroatoms. The lowest BCUT2D eigenvalue weighted by Gasteiger charge is -2.10. The lowest BCUT2D eigenvalue weighted by atomic mass is 10.1. The summed E-state index contributed by atoms with van der Waals surface area (Å²) < 4.78 is 10.9. The highest BCUT2D eigenvalue weighted by atomic mass is 32.2. The molecule has 3 rings (SSSR count). The molecule has 0 amide bonds. The van der Waals surface area contributed by atoms with Crippen LogP contribution in [0.3, 0.4) is 0 Å². The van der Waals surface area contributed by atoms with Crippen molar-refractivity contribution in [3.8, 4) is 17.6 Å². The number of hydrogen-bond acceptors (Lipinski definition) is 9. The highest BCUT2D eigenvalue weighted by molar-refractivity contribution is 8.19. The van der Waals surface area contributed by atoms with Gasteiger partial charge < -0.3 is 9.47 Å². The summed E-state index contributed by atoms with van der Waals surface area (Å²) in [5.74, 6) is 0.170. The molecule has 1 saturated heterocycles. The van der Waals surface area contributed by atoms with Gasteiger partial charge in [0.1, 0.15) is 22.0 Å². The predicted octanol–water partition coefficient (Wildman–Crippen LogP) is 3.82. The number of rotatable bonds is 7. The average Bonchev–Trinajstić information content (AvgIpc) is 3.25. The van der Waals surface area contributed by atoms with Gasteiger partial charge in [-0.2, -0.15) is 5.26 Å². The third-order valence-corrected chi connectivity index (χ3v) is 6.00. The molecule has 0 aliphatic carbocycles. The second-order valence-corrected chi connectivity index (χ2v) is 7.92. The molecular weight excluding hydrogens is 396 g/mol. The molecule has 1 unspecified atom stereocenters. The van der Waals surface area contributed by atoms with E-state index in [0.717, 1.165) is 28.8 Å². The Labute approximate surface area is 170 Å². The topological polar surface area (TPSA) is 109 Å². The molecule has 28 heavy (non-hydrogen) atoms. The number of benzene rings is 1. The second kappa shape index (κ2) is 8.99. The Morgan fingerprint density at radius 2 is 2.11 bits per heavy atom. The van der Waals surface area contributed by atoms with E-state index in [9.17, 15) is 4.79 Å². The van der Waals surface area contributed by atoms with Crippen molar-refractivity contribution in [2.24, 2.45) is 0 Å². The van der Waals surface area contributed by atoms with Crippen LogP contribution >= 0.6 is 23.1 Å². The Morgan fingerprint density at radius 1 is 1.29 bits per heavy atom. The largest absolute Gasteiger partial charge is 0.490 e. The number of aryl methyl sites for hydroxylation is 1. The van der Waals surface area contributed by atoms with Crippen molar-refractivity contribution in [2.45, 2.75) is 26.2 Å². The fourth-order valence-corrected chi connectivity index (χ4v) is 4.56. The van der Waals surface area contributed by atoms with Crippen LogP contribution in [0, 0.1) is 16.7 Å². The van der Waals surface area contributed by atoms with Crippen LogP contribution in [0.5, 0.6) is 11.5 Å². The number of thioether (sulfide) groups is 1. The summed E-state index contributed by atoms with van der Waals surface area (Å²) in [6.07, 6.45) is 2.49. The lowest BCUT2D eigenvalue weighted by Crippen LogP contribution is -2.11. The van der Waals surface area contributed by atoms with Gasteiger partial charge in [0.2, 0.25) is 0 Å². The van der Waals surface area contributed by atoms with Crippen LogP contribution in [-0.2, 0) is 11.2 Å². The monoisotopic (exact) mass is 414 g/mol. The molecule has 1 atom stereocenters. The van der Waals surface area contributed by atoms with Crippen LogP contribution < -0.4 is 9.47 Å². The Bertz CT molecular complexity index is 978. The van der Waals surface area contributed by atoms with Crippen molar-refractivity contribution >= 4 is 40.0 Å². The number of hydrogen-bond donors (Lipinski definition) is 1. The summed E-state index contributed by atoms with van der Waals surface area (Å²) in [5.41, 5.74) is 0.753. The molecule has 1 aliphatic heterocycles. The smallest absolute Gasteiger partial charge is 0.186 e.